The van der Waals surface area contributed by atoms with Crippen LogP contribution < -0.4 is 4.90 Å². The molecule has 0 spiro atoms. The molecule has 4 aromatic rings. The van der Waals surface area contributed by atoms with E-state index in [1.54, 1.807) is 0 Å². The van der Waals surface area contributed by atoms with Crippen molar-refractivity contribution in [2.24, 2.45) is 0 Å². The Labute approximate surface area is 176 Å². The summed E-state index contributed by atoms with van der Waals surface area (Å²) < 4.78 is 2.32. The number of hydrogen-bond acceptors (Lipinski definition) is 2. The van der Waals surface area contributed by atoms with Crippen molar-refractivity contribution in [3.8, 4) is 0 Å². The first-order valence-electron chi connectivity index (χ1n) is 10.5. The van der Waals surface area contributed by atoms with Gasteiger partial charge in [-0.1, -0.05) is 60.2 Å². The number of fused-ring (bicyclic) bond motifs is 1. The third kappa shape index (κ3) is 3.50. The second kappa shape index (κ2) is 7.79. The number of nitrogens with zero attached hydrogens (tertiary/aromatic N) is 3. The van der Waals surface area contributed by atoms with Gasteiger partial charge in [-0.3, -0.25) is 4.79 Å². The summed E-state index contributed by atoms with van der Waals surface area (Å²) in [7, 11) is 0. The van der Waals surface area contributed by atoms with Crippen LogP contribution in [0.25, 0.3) is 11.0 Å². The molecule has 1 aliphatic rings. The van der Waals surface area contributed by atoms with E-state index < -0.39 is 0 Å². The summed E-state index contributed by atoms with van der Waals surface area (Å²) in [6.07, 6.45) is 1.44. The first kappa shape index (κ1) is 18.6. The Morgan fingerprint density at radius 1 is 0.933 bits per heavy atom. The molecule has 1 atom stereocenters. The number of para-hydroxylation sites is 2. The van der Waals surface area contributed by atoms with Gasteiger partial charge in [-0.05, 0) is 43.2 Å². The first-order chi connectivity index (χ1) is 14.7. The van der Waals surface area contributed by atoms with Crippen molar-refractivity contribution in [2.75, 3.05) is 11.4 Å². The minimum atomic E-state index is 0.0991. The van der Waals surface area contributed by atoms with Gasteiger partial charge in [0.05, 0.1) is 11.0 Å². The number of amides is 1. The van der Waals surface area contributed by atoms with E-state index in [9.17, 15) is 4.79 Å². The second-order valence-electron chi connectivity index (χ2n) is 8.09. The third-order valence-electron chi connectivity index (χ3n) is 5.99. The molecule has 2 heterocycles. The van der Waals surface area contributed by atoms with Gasteiger partial charge in [0, 0.05) is 31.1 Å². The van der Waals surface area contributed by atoms with Crippen molar-refractivity contribution in [2.45, 2.75) is 32.2 Å². The van der Waals surface area contributed by atoms with E-state index in [4.69, 9.17) is 4.98 Å². The number of anilines is 1. The monoisotopic (exact) mass is 395 g/mol. The maximum absolute atomic E-state index is 12.8. The zero-order chi connectivity index (χ0) is 20.5. The van der Waals surface area contributed by atoms with Gasteiger partial charge in [-0.15, -0.1) is 0 Å². The fourth-order valence-corrected chi connectivity index (χ4v) is 4.38. The molecular weight excluding hydrogens is 370 g/mol. The summed E-state index contributed by atoms with van der Waals surface area (Å²) in [6, 6.07) is 27.0. The Morgan fingerprint density at radius 3 is 2.47 bits per heavy atom. The van der Waals surface area contributed by atoms with Crippen LogP contribution in [0.3, 0.4) is 0 Å². The Bertz CT molecular complexity index is 1180. The molecule has 150 valence electrons. The predicted octanol–water partition coefficient (Wildman–Crippen LogP) is 5.11. The van der Waals surface area contributed by atoms with Gasteiger partial charge in [0.2, 0.25) is 5.91 Å². The third-order valence-corrected chi connectivity index (χ3v) is 5.99. The van der Waals surface area contributed by atoms with E-state index in [-0.39, 0.29) is 11.8 Å². The van der Waals surface area contributed by atoms with Crippen LogP contribution in [0.5, 0.6) is 0 Å². The standard InChI is InChI=1S/C26H25N3O/c1-19-11-13-22(14-12-19)29-18-21(17-25(29)30)26-27-23-9-5-6-10-24(23)28(26)16-15-20-7-3-2-4-8-20/h2-14,21H,15-18H2,1H3. The lowest BCUT2D eigenvalue weighted by atomic mass is 10.1. The van der Waals surface area contributed by atoms with Crippen LogP contribution in [0, 0.1) is 6.92 Å². The number of aromatic nitrogens is 2. The Balaban J connectivity index is 1.46. The van der Waals surface area contributed by atoms with Gasteiger partial charge in [0.15, 0.2) is 0 Å². The molecule has 5 rings (SSSR count). The van der Waals surface area contributed by atoms with Crippen LogP contribution in [0.1, 0.15) is 29.3 Å². The van der Waals surface area contributed by atoms with E-state index in [0.717, 1.165) is 35.5 Å². The maximum Gasteiger partial charge on any atom is 0.227 e. The summed E-state index contributed by atoms with van der Waals surface area (Å²) in [4.78, 5) is 19.7. The molecule has 3 aromatic carbocycles. The minimum absolute atomic E-state index is 0.0991. The van der Waals surface area contributed by atoms with Crippen LogP contribution in [0.15, 0.2) is 78.9 Å². The SMILES string of the molecule is Cc1ccc(N2CC(c3nc4ccccc4n3CCc3ccccc3)CC2=O)cc1. The molecule has 4 nitrogen and oxygen atoms in total. The van der Waals surface area contributed by atoms with E-state index in [1.807, 2.05) is 29.2 Å². The van der Waals surface area contributed by atoms with E-state index in [2.05, 4.69) is 66.1 Å². The molecule has 0 aliphatic carbocycles. The highest BCUT2D eigenvalue weighted by Gasteiger charge is 2.34. The number of imidazole rings is 1. The molecule has 1 saturated heterocycles. The summed E-state index contributed by atoms with van der Waals surface area (Å²) in [5, 5.41) is 0. The van der Waals surface area contributed by atoms with E-state index in [1.165, 1.54) is 11.1 Å². The highest BCUT2D eigenvalue weighted by atomic mass is 16.2. The van der Waals surface area contributed by atoms with E-state index in [0.29, 0.717) is 13.0 Å². The molecule has 0 N–H and O–H groups in total. The zero-order valence-corrected chi connectivity index (χ0v) is 17.2. The lowest BCUT2D eigenvalue weighted by molar-refractivity contribution is -0.117. The van der Waals surface area contributed by atoms with Crippen LogP contribution in [-0.4, -0.2) is 22.0 Å². The summed E-state index contributed by atoms with van der Waals surface area (Å²) in [5.41, 5.74) is 5.63. The van der Waals surface area contributed by atoms with Gasteiger partial charge < -0.3 is 9.47 Å². The average molecular weight is 396 g/mol. The van der Waals surface area contributed by atoms with Gasteiger partial charge in [-0.2, -0.15) is 0 Å². The topological polar surface area (TPSA) is 38.1 Å². The fourth-order valence-electron chi connectivity index (χ4n) is 4.38. The van der Waals surface area contributed by atoms with Crippen molar-refractivity contribution in [1.29, 1.82) is 0 Å². The number of aryl methyl sites for hydroxylation is 3. The van der Waals surface area contributed by atoms with Crippen LogP contribution in [0.2, 0.25) is 0 Å². The fraction of sp³-hybridized carbons (Fsp3) is 0.231. The van der Waals surface area contributed by atoms with Crippen LogP contribution in [-0.2, 0) is 17.8 Å². The predicted molar refractivity (Wildman–Crippen MR) is 121 cm³/mol. The van der Waals surface area contributed by atoms with Crippen molar-refractivity contribution in [1.82, 2.24) is 9.55 Å². The molecule has 0 saturated carbocycles. The van der Waals surface area contributed by atoms with Crippen molar-refractivity contribution in [3.05, 3.63) is 95.8 Å². The molecule has 4 heteroatoms. The van der Waals surface area contributed by atoms with Crippen LogP contribution in [0.4, 0.5) is 5.69 Å². The molecule has 1 aliphatic heterocycles. The lowest BCUT2D eigenvalue weighted by Crippen LogP contribution is -2.24. The Hall–Kier alpha value is -3.40. The largest absolute Gasteiger partial charge is 0.327 e. The van der Waals surface area contributed by atoms with E-state index >= 15 is 0 Å². The number of benzene rings is 3. The zero-order valence-electron chi connectivity index (χ0n) is 17.2. The highest BCUT2D eigenvalue weighted by molar-refractivity contribution is 5.96. The maximum atomic E-state index is 12.8. The summed E-state index contributed by atoms with van der Waals surface area (Å²) in [5.74, 6) is 1.29. The van der Waals surface area contributed by atoms with Crippen molar-refractivity contribution >= 4 is 22.6 Å². The summed E-state index contributed by atoms with van der Waals surface area (Å²) >= 11 is 0. The smallest absolute Gasteiger partial charge is 0.227 e. The first-order valence-corrected chi connectivity index (χ1v) is 10.5. The highest BCUT2D eigenvalue weighted by Crippen LogP contribution is 2.33. The molecule has 0 bridgehead atoms. The Kier molecular flexibility index (Phi) is 4.83. The van der Waals surface area contributed by atoms with Crippen molar-refractivity contribution < 1.29 is 4.79 Å². The molecule has 1 unspecified atom stereocenters. The molecule has 30 heavy (non-hydrogen) atoms. The quantitative estimate of drug-likeness (QED) is 0.471. The molecule has 1 aromatic heterocycles. The van der Waals surface area contributed by atoms with Crippen LogP contribution >= 0.6 is 0 Å². The Morgan fingerprint density at radius 2 is 1.67 bits per heavy atom. The number of hydrogen-bond donors (Lipinski definition) is 0. The molecule has 1 amide bonds. The van der Waals surface area contributed by atoms with Gasteiger partial charge >= 0.3 is 0 Å². The number of rotatable bonds is 5. The number of carbonyl (C=O) groups excluding carboxylic acids is 1. The molecule has 0 radical (unpaired) electrons. The molecular formula is C26H25N3O. The average Bonchev–Trinajstić information content (AvgIpc) is 3.34. The normalized spacial score (nSPS) is 16.5. The van der Waals surface area contributed by atoms with Gasteiger partial charge in [0.1, 0.15) is 5.82 Å². The van der Waals surface area contributed by atoms with Gasteiger partial charge in [0.25, 0.3) is 0 Å². The second-order valence-corrected chi connectivity index (χ2v) is 8.09. The number of carbonyl (C=O) groups is 1. The lowest BCUT2D eigenvalue weighted by Gasteiger charge is -2.17. The van der Waals surface area contributed by atoms with Crippen molar-refractivity contribution in [3.63, 3.8) is 0 Å². The molecule has 1 fully saturated rings. The van der Waals surface area contributed by atoms with Gasteiger partial charge in [-0.25, -0.2) is 4.98 Å². The minimum Gasteiger partial charge on any atom is -0.327 e. The summed E-state index contributed by atoms with van der Waals surface area (Å²) in [6.45, 7) is 3.60.